The monoisotopic (exact) mass is 499 g/mol. The molecule has 2 aromatic carbocycles. The summed E-state index contributed by atoms with van der Waals surface area (Å²) in [4.78, 5) is 25.8. The van der Waals surface area contributed by atoms with Crippen LogP contribution >= 0.6 is 0 Å². The normalized spacial score (nSPS) is 20.5. The van der Waals surface area contributed by atoms with Crippen molar-refractivity contribution in [2.45, 2.75) is 50.6 Å². The second-order valence-electron chi connectivity index (χ2n) is 9.63. The molecule has 1 unspecified atom stereocenters. The van der Waals surface area contributed by atoms with Crippen molar-refractivity contribution in [1.29, 1.82) is 0 Å². The Bertz CT molecular complexity index is 1310. The number of carbonyl (C=O) groups excluding carboxylic acids is 2. The Hall–Kier alpha value is -3.40. The first kappa shape index (κ1) is 24.3. The van der Waals surface area contributed by atoms with Gasteiger partial charge in [0.15, 0.2) is 0 Å². The van der Waals surface area contributed by atoms with Gasteiger partial charge >= 0.3 is 0 Å². The molecule has 1 aromatic heterocycles. The van der Waals surface area contributed by atoms with Gasteiger partial charge in [0.05, 0.1) is 22.8 Å². The highest BCUT2D eigenvalue weighted by Crippen LogP contribution is 2.33. The van der Waals surface area contributed by atoms with Crippen molar-refractivity contribution in [3.05, 3.63) is 59.0 Å². The fourth-order valence-corrected chi connectivity index (χ4v) is 5.02. The molecule has 36 heavy (non-hydrogen) atoms. The van der Waals surface area contributed by atoms with Crippen LogP contribution in [0.1, 0.15) is 48.4 Å². The SMILES string of the molecule is Cn1nc(C2CCC(=O)NC2=O)c2cccc(NCc3ccc(CN4CCC(F)(F)CC4)c(F)c3)c21. The van der Waals surface area contributed by atoms with Crippen molar-refractivity contribution in [2.24, 2.45) is 7.05 Å². The lowest BCUT2D eigenvalue weighted by Gasteiger charge is -2.31. The summed E-state index contributed by atoms with van der Waals surface area (Å²) in [6, 6.07) is 10.7. The van der Waals surface area contributed by atoms with Crippen LogP contribution in [0.2, 0.25) is 0 Å². The number of amides is 2. The Morgan fingerprint density at radius 1 is 1.17 bits per heavy atom. The van der Waals surface area contributed by atoms with Gasteiger partial charge in [-0.25, -0.2) is 13.2 Å². The predicted octanol–water partition coefficient (Wildman–Crippen LogP) is 4.08. The predicted molar refractivity (Wildman–Crippen MR) is 129 cm³/mol. The zero-order chi connectivity index (χ0) is 25.4. The van der Waals surface area contributed by atoms with Crippen LogP contribution in [0, 0.1) is 5.82 Å². The summed E-state index contributed by atoms with van der Waals surface area (Å²) in [6.07, 6.45) is 0.307. The number of rotatable bonds is 6. The van der Waals surface area contributed by atoms with E-state index in [0.29, 0.717) is 30.8 Å². The highest BCUT2D eigenvalue weighted by atomic mass is 19.3. The average Bonchev–Trinajstić information content (AvgIpc) is 3.17. The fraction of sp³-hybridized carbons (Fsp3) is 0.423. The van der Waals surface area contributed by atoms with Gasteiger partial charge < -0.3 is 5.32 Å². The number of nitrogens with zero attached hydrogens (tertiary/aromatic N) is 3. The van der Waals surface area contributed by atoms with Gasteiger partial charge in [-0.2, -0.15) is 5.10 Å². The minimum absolute atomic E-state index is 0.193. The van der Waals surface area contributed by atoms with E-state index in [0.717, 1.165) is 22.2 Å². The van der Waals surface area contributed by atoms with Gasteiger partial charge in [-0.15, -0.1) is 0 Å². The molecule has 3 heterocycles. The Morgan fingerprint density at radius 3 is 2.67 bits per heavy atom. The summed E-state index contributed by atoms with van der Waals surface area (Å²) >= 11 is 0. The smallest absolute Gasteiger partial charge is 0.250 e. The number of aryl methyl sites for hydroxylation is 1. The van der Waals surface area contributed by atoms with Gasteiger partial charge in [0, 0.05) is 63.4 Å². The second-order valence-corrected chi connectivity index (χ2v) is 9.63. The number of hydrogen-bond donors (Lipinski definition) is 2. The number of hydrogen-bond acceptors (Lipinski definition) is 5. The highest BCUT2D eigenvalue weighted by Gasteiger charge is 2.34. The Morgan fingerprint density at radius 2 is 1.94 bits per heavy atom. The molecule has 2 aliphatic rings. The summed E-state index contributed by atoms with van der Waals surface area (Å²) in [6.45, 7) is 1.19. The fourth-order valence-electron chi connectivity index (χ4n) is 5.02. The van der Waals surface area contributed by atoms with Crippen molar-refractivity contribution in [1.82, 2.24) is 20.0 Å². The van der Waals surface area contributed by atoms with Gasteiger partial charge in [0.2, 0.25) is 11.8 Å². The number of anilines is 1. The molecule has 10 heteroatoms. The molecule has 2 fully saturated rings. The van der Waals surface area contributed by atoms with E-state index in [-0.39, 0.29) is 50.0 Å². The van der Waals surface area contributed by atoms with Gasteiger partial charge in [-0.1, -0.05) is 24.3 Å². The summed E-state index contributed by atoms with van der Waals surface area (Å²) in [7, 11) is 1.80. The molecule has 0 saturated carbocycles. The van der Waals surface area contributed by atoms with E-state index in [1.165, 1.54) is 6.07 Å². The number of carbonyl (C=O) groups is 2. The molecule has 1 atom stereocenters. The van der Waals surface area contributed by atoms with Gasteiger partial charge in [0.25, 0.3) is 5.92 Å². The van der Waals surface area contributed by atoms with Crippen LogP contribution in [0.4, 0.5) is 18.9 Å². The van der Waals surface area contributed by atoms with E-state index < -0.39 is 11.8 Å². The minimum atomic E-state index is -2.62. The van der Waals surface area contributed by atoms with Crippen molar-refractivity contribution < 1.29 is 22.8 Å². The molecule has 2 aliphatic heterocycles. The molecule has 0 radical (unpaired) electrons. The number of para-hydroxylation sites is 1. The maximum atomic E-state index is 14.8. The number of benzene rings is 2. The molecular weight excluding hydrogens is 471 g/mol. The first-order valence-corrected chi connectivity index (χ1v) is 12.1. The number of alkyl halides is 2. The number of likely N-dealkylation sites (tertiary alicyclic amines) is 1. The van der Waals surface area contributed by atoms with Crippen LogP contribution in [0.25, 0.3) is 10.9 Å². The number of imide groups is 1. The maximum absolute atomic E-state index is 14.8. The van der Waals surface area contributed by atoms with E-state index in [1.54, 1.807) is 17.8 Å². The quantitative estimate of drug-likeness (QED) is 0.500. The Kier molecular flexibility index (Phi) is 6.46. The van der Waals surface area contributed by atoms with Crippen molar-refractivity contribution in [2.75, 3.05) is 18.4 Å². The molecule has 5 rings (SSSR count). The van der Waals surface area contributed by atoms with Crippen LogP contribution in [-0.4, -0.2) is 45.5 Å². The van der Waals surface area contributed by atoms with E-state index in [1.807, 2.05) is 29.2 Å². The third kappa shape index (κ3) is 4.95. The molecule has 2 N–H and O–H groups in total. The Labute approximate surface area is 206 Å². The van der Waals surface area contributed by atoms with Crippen LogP contribution in [0.15, 0.2) is 36.4 Å². The second kappa shape index (κ2) is 9.57. The van der Waals surface area contributed by atoms with E-state index >= 15 is 0 Å². The van der Waals surface area contributed by atoms with E-state index in [4.69, 9.17) is 0 Å². The highest BCUT2D eigenvalue weighted by molar-refractivity contribution is 6.03. The Balaban J connectivity index is 1.29. The van der Waals surface area contributed by atoms with Crippen molar-refractivity contribution in [3.8, 4) is 0 Å². The van der Waals surface area contributed by atoms with E-state index in [9.17, 15) is 22.8 Å². The lowest BCUT2D eigenvalue weighted by Crippen LogP contribution is -2.39. The average molecular weight is 500 g/mol. The number of aromatic nitrogens is 2. The molecule has 190 valence electrons. The number of piperidine rings is 2. The number of fused-ring (bicyclic) bond motifs is 1. The molecule has 2 amide bonds. The van der Waals surface area contributed by atoms with Crippen LogP contribution in [0.3, 0.4) is 0 Å². The van der Waals surface area contributed by atoms with E-state index in [2.05, 4.69) is 15.7 Å². The zero-order valence-corrected chi connectivity index (χ0v) is 20.0. The molecule has 0 bridgehead atoms. The maximum Gasteiger partial charge on any atom is 0.250 e. The van der Waals surface area contributed by atoms with Gasteiger partial charge in [0.1, 0.15) is 5.82 Å². The molecule has 7 nitrogen and oxygen atoms in total. The topological polar surface area (TPSA) is 79.3 Å². The summed E-state index contributed by atoms with van der Waals surface area (Å²) in [5.41, 5.74) is 3.47. The first-order valence-electron chi connectivity index (χ1n) is 12.1. The summed E-state index contributed by atoms with van der Waals surface area (Å²) in [5.74, 6) is -4.07. The minimum Gasteiger partial charge on any atom is -0.379 e. The molecule has 0 spiro atoms. The molecule has 2 saturated heterocycles. The largest absolute Gasteiger partial charge is 0.379 e. The third-order valence-electron chi connectivity index (χ3n) is 7.04. The molecule has 0 aliphatic carbocycles. The van der Waals surface area contributed by atoms with Crippen molar-refractivity contribution in [3.63, 3.8) is 0 Å². The lowest BCUT2D eigenvalue weighted by molar-refractivity contribution is -0.134. The van der Waals surface area contributed by atoms with Crippen LogP contribution < -0.4 is 10.6 Å². The molecule has 3 aromatic rings. The van der Waals surface area contributed by atoms with Crippen LogP contribution in [-0.2, 0) is 29.7 Å². The first-order chi connectivity index (χ1) is 17.2. The number of nitrogens with one attached hydrogen (secondary N) is 2. The third-order valence-corrected chi connectivity index (χ3v) is 7.04. The summed E-state index contributed by atoms with van der Waals surface area (Å²) in [5, 5.41) is 11.1. The summed E-state index contributed by atoms with van der Waals surface area (Å²) < 4.78 is 43.3. The lowest BCUT2D eigenvalue weighted by atomic mass is 9.92. The number of halogens is 3. The van der Waals surface area contributed by atoms with Gasteiger partial charge in [-0.05, 0) is 24.1 Å². The standard InChI is InChI=1S/C26H28F3N5O2/c1-33-24-18(23(32-33)19-7-8-22(35)31-25(19)36)3-2-4-21(24)30-14-16-5-6-17(20(27)13-16)15-34-11-9-26(28,29)10-12-34/h2-6,13,19,30H,7-12,14-15H2,1H3,(H,31,35,36). The zero-order valence-electron chi connectivity index (χ0n) is 20.0. The van der Waals surface area contributed by atoms with Crippen molar-refractivity contribution >= 4 is 28.4 Å². The molecular formula is C26H28F3N5O2. The van der Waals surface area contributed by atoms with Crippen LogP contribution in [0.5, 0.6) is 0 Å². The van der Waals surface area contributed by atoms with Gasteiger partial charge in [-0.3, -0.25) is 24.5 Å².